The van der Waals surface area contributed by atoms with Crippen molar-refractivity contribution in [3.63, 3.8) is 0 Å². The number of amides is 1. The van der Waals surface area contributed by atoms with Gasteiger partial charge in [0, 0.05) is 40.0 Å². The van der Waals surface area contributed by atoms with Gasteiger partial charge in [-0.15, -0.1) is 0 Å². The molecule has 146 valence electrons. The van der Waals surface area contributed by atoms with Crippen molar-refractivity contribution in [3.05, 3.63) is 52.5 Å². The Bertz CT molecular complexity index is 959. The molecule has 0 aliphatic carbocycles. The van der Waals surface area contributed by atoms with Crippen molar-refractivity contribution in [1.82, 2.24) is 5.27 Å². The van der Waals surface area contributed by atoms with E-state index in [0.29, 0.717) is 32.9 Å². The topological polar surface area (TPSA) is 91.3 Å². The van der Waals surface area contributed by atoms with Crippen LogP contribution in [0.1, 0.15) is 6.42 Å². The maximum Gasteiger partial charge on any atom is 0.297 e. The Balaban J connectivity index is 1.61. The van der Waals surface area contributed by atoms with Crippen molar-refractivity contribution in [2.75, 3.05) is 18.2 Å². The van der Waals surface area contributed by atoms with Gasteiger partial charge in [-0.1, -0.05) is 35.0 Å². The number of rotatable bonds is 7. The molecule has 0 atom stereocenters. The van der Waals surface area contributed by atoms with Gasteiger partial charge < -0.3 is 19.7 Å². The lowest BCUT2D eigenvalue weighted by molar-refractivity contribution is -0.705. The summed E-state index contributed by atoms with van der Waals surface area (Å²) in [6.07, 6.45) is 0.169. The van der Waals surface area contributed by atoms with Crippen LogP contribution in [0.3, 0.4) is 0 Å². The third-order valence-electron chi connectivity index (χ3n) is 3.60. The van der Waals surface area contributed by atoms with Gasteiger partial charge in [-0.3, -0.25) is 4.79 Å². The molecule has 0 aliphatic rings. The van der Waals surface area contributed by atoms with E-state index in [2.05, 4.69) is 10.6 Å². The highest BCUT2D eigenvalue weighted by atomic mass is 35.5. The second kappa shape index (κ2) is 9.18. The van der Waals surface area contributed by atoms with Gasteiger partial charge in [-0.05, 0) is 35.0 Å². The number of hydrogen-bond donors (Lipinski definition) is 1. The van der Waals surface area contributed by atoms with E-state index in [9.17, 15) is 9.90 Å². The van der Waals surface area contributed by atoms with Crippen molar-refractivity contribution >= 4 is 46.6 Å². The molecule has 10 heteroatoms. The Morgan fingerprint density at radius 2 is 1.93 bits per heavy atom. The lowest BCUT2D eigenvalue weighted by Crippen LogP contribution is -2.34. The van der Waals surface area contributed by atoms with Crippen molar-refractivity contribution in [2.24, 2.45) is 0 Å². The highest BCUT2D eigenvalue weighted by Crippen LogP contribution is 2.25. The van der Waals surface area contributed by atoms with Gasteiger partial charge in [0.15, 0.2) is 5.95 Å². The van der Waals surface area contributed by atoms with Crippen LogP contribution >= 0.6 is 35.0 Å². The van der Waals surface area contributed by atoms with Gasteiger partial charge >= 0.3 is 0 Å². The predicted octanol–water partition coefficient (Wildman–Crippen LogP) is 3.46. The van der Waals surface area contributed by atoms with Crippen LogP contribution in [0.5, 0.6) is 11.7 Å². The maximum atomic E-state index is 12.1. The fourth-order valence-electron chi connectivity index (χ4n) is 2.34. The van der Waals surface area contributed by atoms with Crippen molar-refractivity contribution in [2.45, 2.75) is 11.4 Å². The summed E-state index contributed by atoms with van der Waals surface area (Å²) >= 11 is 13.0. The lowest BCUT2D eigenvalue weighted by atomic mass is 10.3. The van der Waals surface area contributed by atoms with Crippen molar-refractivity contribution in [1.29, 1.82) is 0 Å². The molecule has 0 radical (unpaired) electrons. The minimum atomic E-state index is -0.567. The Hall–Kier alpha value is -2.42. The van der Waals surface area contributed by atoms with Crippen LogP contribution in [-0.4, -0.2) is 24.0 Å². The number of nitrogens with zero attached hydrogens (tertiary/aromatic N) is 2. The molecule has 0 fully saturated rings. The minimum Gasteiger partial charge on any atom is -0.538 e. The number of carbonyl (C=O) groups is 1. The van der Waals surface area contributed by atoms with Crippen molar-refractivity contribution < 1.29 is 23.8 Å². The highest BCUT2D eigenvalue weighted by molar-refractivity contribution is 7.99. The molecule has 0 saturated carbocycles. The first-order chi connectivity index (χ1) is 13.5. The average molecular weight is 440 g/mol. The summed E-state index contributed by atoms with van der Waals surface area (Å²) in [5.74, 6) is 0.239. The number of anilines is 1. The lowest BCUT2D eigenvalue weighted by Gasteiger charge is -2.06. The van der Waals surface area contributed by atoms with E-state index in [1.807, 2.05) is 0 Å². The van der Waals surface area contributed by atoms with E-state index < -0.39 is 5.95 Å². The van der Waals surface area contributed by atoms with Crippen LogP contribution in [0.15, 0.2) is 52.0 Å². The number of halogens is 2. The second-order valence-electron chi connectivity index (χ2n) is 5.58. The summed E-state index contributed by atoms with van der Waals surface area (Å²) < 4.78 is 11.3. The van der Waals surface area contributed by atoms with Crippen LogP contribution in [0.25, 0.3) is 5.69 Å². The maximum absolute atomic E-state index is 12.1. The Morgan fingerprint density at radius 1 is 1.25 bits per heavy atom. The van der Waals surface area contributed by atoms with Crippen LogP contribution in [-0.2, 0) is 4.79 Å². The van der Waals surface area contributed by atoms with E-state index in [0.717, 1.165) is 0 Å². The first-order valence-corrected chi connectivity index (χ1v) is 9.82. The highest BCUT2D eigenvalue weighted by Gasteiger charge is 2.21. The molecule has 1 heterocycles. The molecule has 3 aromatic rings. The molecule has 2 aromatic carbocycles. The predicted molar refractivity (Wildman–Crippen MR) is 104 cm³/mol. The second-order valence-corrected chi connectivity index (χ2v) is 7.54. The largest absolute Gasteiger partial charge is 0.538 e. The van der Waals surface area contributed by atoms with Gasteiger partial charge in [0.05, 0.1) is 12.4 Å². The molecule has 0 spiro atoms. The number of methoxy groups -OCH3 is 1. The van der Waals surface area contributed by atoms with Gasteiger partial charge in [-0.25, -0.2) is 0 Å². The van der Waals surface area contributed by atoms with Gasteiger partial charge in [0.1, 0.15) is 5.75 Å². The van der Waals surface area contributed by atoms with Crippen molar-refractivity contribution in [3.8, 4) is 17.4 Å². The van der Waals surface area contributed by atoms with E-state index >= 15 is 0 Å². The zero-order valence-electron chi connectivity index (χ0n) is 14.6. The average Bonchev–Trinajstić information content (AvgIpc) is 3.01. The molecule has 3 rings (SSSR count). The molecule has 0 unspecified atom stereocenters. The summed E-state index contributed by atoms with van der Waals surface area (Å²) in [5.41, 5.74) is 1.16. The smallest absolute Gasteiger partial charge is 0.297 e. The third-order valence-corrected chi connectivity index (χ3v) is 5.06. The number of benzene rings is 2. The first-order valence-electron chi connectivity index (χ1n) is 8.08. The van der Waals surface area contributed by atoms with E-state index in [-0.39, 0.29) is 17.4 Å². The first kappa shape index (κ1) is 20.3. The number of ether oxygens (including phenoxy) is 1. The number of aromatic nitrogens is 2. The summed E-state index contributed by atoms with van der Waals surface area (Å²) in [4.78, 5) is 12.1. The van der Waals surface area contributed by atoms with E-state index in [4.69, 9.17) is 32.5 Å². The molecule has 1 aromatic heterocycles. The molecule has 0 aliphatic heterocycles. The third kappa shape index (κ3) is 5.09. The zero-order valence-corrected chi connectivity index (χ0v) is 17.0. The van der Waals surface area contributed by atoms with Crippen LogP contribution in [0.2, 0.25) is 10.0 Å². The molecule has 28 heavy (non-hydrogen) atoms. The quantitative estimate of drug-likeness (QED) is 0.447. The summed E-state index contributed by atoms with van der Waals surface area (Å²) in [5, 5.41) is 19.6. The molecule has 1 amide bonds. The zero-order chi connectivity index (χ0) is 20.1. The summed E-state index contributed by atoms with van der Waals surface area (Å²) in [6.45, 7) is 0. The molecule has 7 nitrogen and oxygen atoms in total. The van der Waals surface area contributed by atoms with Crippen LogP contribution < -0.4 is 19.8 Å². The van der Waals surface area contributed by atoms with E-state index in [1.54, 1.807) is 49.6 Å². The number of carbonyl (C=O) groups excluding carboxylic acids is 1. The minimum absolute atomic E-state index is 0.169. The molecule has 0 bridgehead atoms. The number of thioether (sulfide) groups is 1. The monoisotopic (exact) mass is 439 g/mol. The van der Waals surface area contributed by atoms with Gasteiger partial charge in [-0.2, -0.15) is 0 Å². The Morgan fingerprint density at radius 3 is 2.57 bits per heavy atom. The molecular weight excluding hydrogens is 425 g/mol. The van der Waals surface area contributed by atoms with Crippen LogP contribution in [0, 0.1) is 0 Å². The SMILES string of the molecule is COc1ccc(-[n+]2noc([O-])c2SCCC(=O)Nc2cc(Cl)cc(Cl)c2)cc1. The fourth-order valence-corrected chi connectivity index (χ4v) is 3.76. The molecular formula is C18H15Cl2N3O4S. The number of hydrogen-bond acceptors (Lipinski definition) is 6. The van der Waals surface area contributed by atoms with Gasteiger partial charge in [0.25, 0.3) is 5.03 Å². The van der Waals surface area contributed by atoms with Crippen LogP contribution in [0.4, 0.5) is 5.69 Å². The molecule has 0 saturated heterocycles. The Labute approximate surface area is 175 Å². The number of nitrogens with one attached hydrogen (secondary N) is 1. The standard InChI is InChI=1S/C18H15Cl2N3O4S/c1-26-15-4-2-14(3-5-15)23-17(18(25)27-22-23)28-7-6-16(24)21-13-9-11(19)8-12(20)10-13/h2-5,8-10H,6-7H2,1H3,(H-,21,22,24,25). The van der Waals surface area contributed by atoms with E-state index in [1.165, 1.54) is 16.4 Å². The summed E-state index contributed by atoms with van der Waals surface area (Å²) in [6, 6.07) is 11.8. The van der Waals surface area contributed by atoms with Gasteiger partial charge in [0.2, 0.25) is 11.6 Å². The fraction of sp³-hybridized carbons (Fsp3) is 0.167. The molecule has 1 N–H and O–H groups in total. The summed E-state index contributed by atoms with van der Waals surface area (Å²) in [7, 11) is 1.57. The Kier molecular flexibility index (Phi) is 6.66. The normalized spacial score (nSPS) is 10.7.